The van der Waals surface area contributed by atoms with Gasteiger partial charge in [-0.15, -0.1) is 0 Å². The van der Waals surface area contributed by atoms with Gasteiger partial charge >= 0.3 is 6.03 Å². The van der Waals surface area contributed by atoms with Gasteiger partial charge in [-0.3, -0.25) is 4.68 Å². The molecule has 8 heteroatoms. The lowest BCUT2D eigenvalue weighted by atomic mass is 10.2. The zero-order valence-electron chi connectivity index (χ0n) is 11.7. The van der Waals surface area contributed by atoms with E-state index in [4.69, 9.17) is 0 Å². The number of anilines is 1. The Hall–Kier alpha value is -1.57. The summed E-state index contributed by atoms with van der Waals surface area (Å²) in [6.07, 6.45) is 3.37. The molecule has 0 atom stereocenters. The molecule has 1 N–H and O–H groups in total. The largest absolute Gasteiger partial charge is 0.322 e. The van der Waals surface area contributed by atoms with E-state index in [0.29, 0.717) is 11.6 Å². The minimum Gasteiger partial charge on any atom is -0.322 e. The first kappa shape index (κ1) is 14.8. The summed E-state index contributed by atoms with van der Waals surface area (Å²) in [6, 6.07) is -0.274. The number of carbonyl (C=O) groups is 1. The lowest BCUT2D eigenvalue weighted by Crippen LogP contribution is -2.45. The number of urea groups is 1. The predicted molar refractivity (Wildman–Crippen MR) is 76.3 cm³/mol. The van der Waals surface area contributed by atoms with Crippen LogP contribution in [0, 0.1) is 5.92 Å². The molecule has 0 saturated carbocycles. The molecule has 0 radical (unpaired) electrons. The molecular formula is C12H20N4O3S. The SMILES string of the molecule is CC(C)Cn1cc(NC(=O)N2CCS(=O)(=O)CC2)cn1. The van der Waals surface area contributed by atoms with E-state index in [1.165, 1.54) is 4.90 Å². The lowest BCUT2D eigenvalue weighted by molar-refractivity contribution is 0.216. The van der Waals surface area contributed by atoms with Crippen LogP contribution in [0.2, 0.25) is 0 Å². The molecule has 2 rings (SSSR count). The number of carbonyl (C=O) groups excluding carboxylic acids is 1. The smallest absolute Gasteiger partial charge is 0.321 e. The summed E-state index contributed by atoms with van der Waals surface area (Å²) < 4.78 is 24.4. The first-order valence-corrected chi connectivity index (χ1v) is 8.47. The van der Waals surface area contributed by atoms with Crippen molar-refractivity contribution in [1.82, 2.24) is 14.7 Å². The predicted octanol–water partition coefficient (Wildman–Crippen LogP) is 0.801. The van der Waals surface area contributed by atoms with Crippen molar-refractivity contribution in [2.45, 2.75) is 20.4 Å². The molecule has 0 aromatic carbocycles. The monoisotopic (exact) mass is 300 g/mol. The highest BCUT2D eigenvalue weighted by Crippen LogP contribution is 2.10. The Morgan fingerprint density at radius 3 is 2.65 bits per heavy atom. The number of amides is 2. The fourth-order valence-electron chi connectivity index (χ4n) is 2.02. The van der Waals surface area contributed by atoms with Gasteiger partial charge in [0.05, 0.1) is 23.4 Å². The number of rotatable bonds is 3. The van der Waals surface area contributed by atoms with Crippen molar-refractivity contribution in [2.24, 2.45) is 5.92 Å². The van der Waals surface area contributed by atoms with E-state index in [1.807, 2.05) is 0 Å². The summed E-state index contributed by atoms with van der Waals surface area (Å²) in [5.41, 5.74) is 0.629. The maximum atomic E-state index is 12.0. The Bertz CT molecular complexity index is 565. The quantitative estimate of drug-likeness (QED) is 0.895. The fourth-order valence-corrected chi connectivity index (χ4v) is 3.22. The second-order valence-electron chi connectivity index (χ2n) is 5.41. The van der Waals surface area contributed by atoms with Gasteiger partial charge in [0.1, 0.15) is 0 Å². The number of hydrogen-bond donors (Lipinski definition) is 1. The molecule has 0 unspecified atom stereocenters. The number of hydrogen-bond acceptors (Lipinski definition) is 4. The molecule has 0 spiro atoms. The molecule has 112 valence electrons. The van der Waals surface area contributed by atoms with Crippen LogP contribution in [0.3, 0.4) is 0 Å². The van der Waals surface area contributed by atoms with Gasteiger partial charge in [0.25, 0.3) is 0 Å². The summed E-state index contributed by atoms with van der Waals surface area (Å²) in [7, 11) is -2.97. The van der Waals surface area contributed by atoms with Gasteiger partial charge in [-0.25, -0.2) is 13.2 Å². The average molecular weight is 300 g/mol. The van der Waals surface area contributed by atoms with Gasteiger partial charge < -0.3 is 10.2 Å². The van der Waals surface area contributed by atoms with E-state index in [0.717, 1.165) is 6.54 Å². The van der Waals surface area contributed by atoms with Crippen molar-refractivity contribution < 1.29 is 13.2 Å². The number of sulfone groups is 1. The first-order valence-electron chi connectivity index (χ1n) is 6.64. The van der Waals surface area contributed by atoms with Crippen molar-refractivity contribution in [2.75, 3.05) is 29.9 Å². The van der Waals surface area contributed by atoms with Gasteiger partial charge in [0.2, 0.25) is 0 Å². The van der Waals surface area contributed by atoms with Crippen LogP contribution in [-0.4, -0.2) is 53.7 Å². The Morgan fingerprint density at radius 2 is 2.05 bits per heavy atom. The molecule has 7 nitrogen and oxygen atoms in total. The van der Waals surface area contributed by atoms with Crippen molar-refractivity contribution in [1.29, 1.82) is 0 Å². The van der Waals surface area contributed by atoms with Crippen LogP contribution < -0.4 is 5.32 Å². The molecule has 1 fully saturated rings. The molecule has 2 amide bonds. The number of nitrogens with zero attached hydrogens (tertiary/aromatic N) is 3. The first-order chi connectivity index (χ1) is 9.35. The van der Waals surface area contributed by atoms with Crippen LogP contribution in [-0.2, 0) is 16.4 Å². The van der Waals surface area contributed by atoms with Gasteiger partial charge in [0, 0.05) is 25.8 Å². The van der Waals surface area contributed by atoms with Crippen LogP contribution in [0.25, 0.3) is 0 Å². The van der Waals surface area contributed by atoms with Gasteiger partial charge in [-0.2, -0.15) is 5.10 Å². The molecule has 1 aromatic rings. The maximum absolute atomic E-state index is 12.0. The molecular weight excluding hydrogens is 280 g/mol. The minimum absolute atomic E-state index is 0.0348. The summed E-state index contributed by atoms with van der Waals surface area (Å²) in [6.45, 7) is 5.46. The molecule has 0 bridgehead atoms. The maximum Gasteiger partial charge on any atom is 0.321 e. The molecule has 0 aliphatic carbocycles. The molecule has 20 heavy (non-hydrogen) atoms. The zero-order valence-corrected chi connectivity index (χ0v) is 12.6. The minimum atomic E-state index is -2.97. The molecule has 2 heterocycles. The summed E-state index contributed by atoms with van der Waals surface area (Å²) in [5, 5.41) is 6.91. The third kappa shape index (κ3) is 3.96. The topological polar surface area (TPSA) is 84.3 Å². The summed E-state index contributed by atoms with van der Waals surface area (Å²) in [5.74, 6) is 0.547. The summed E-state index contributed by atoms with van der Waals surface area (Å²) in [4.78, 5) is 13.5. The van der Waals surface area contributed by atoms with Crippen LogP contribution in [0.4, 0.5) is 10.5 Å². The fraction of sp³-hybridized carbons (Fsp3) is 0.667. The zero-order chi connectivity index (χ0) is 14.8. The van der Waals surface area contributed by atoms with Crippen LogP contribution in [0.1, 0.15) is 13.8 Å². The highest BCUT2D eigenvalue weighted by atomic mass is 32.2. The standard InChI is InChI=1S/C12H20N4O3S/c1-10(2)8-16-9-11(7-13-16)14-12(17)15-3-5-20(18,19)6-4-15/h7,9-10H,3-6,8H2,1-2H3,(H,14,17). The summed E-state index contributed by atoms with van der Waals surface area (Å²) >= 11 is 0. The van der Waals surface area contributed by atoms with Gasteiger partial charge in [-0.1, -0.05) is 13.8 Å². The third-order valence-corrected chi connectivity index (χ3v) is 4.68. The second kappa shape index (κ2) is 5.82. The molecule has 1 aromatic heterocycles. The van der Waals surface area contributed by atoms with Crippen molar-refractivity contribution in [3.8, 4) is 0 Å². The average Bonchev–Trinajstić information content (AvgIpc) is 2.75. The van der Waals surface area contributed by atoms with E-state index in [9.17, 15) is 13.2 Å². The van der Waals surface area contributed by atoms with Crippen LogP contribution >= 0.6 is 0 Å². The van der Waals surface area contributed by atoms with E-state index in [1.54, 1.807) is 17.1 Å². The van der Waals surface area contributed by atoms with Crippen molar-refractivity contribution >= 4 is 21.6 Å². The Balaban J connectivity index is 1.90. The van der Waals surface area contributed by atoms with E-state index in [-0.39, 0.29) is 30.6 Å². The number of nitrogens with one attached hydrogen (secondary N) is 1. The van der Waals surface area contributed by atoms with E-state index in [2.05, 4.69) is 24.3 Å². The Kier molecular flexibility index (Phi) is 4.32. The van der Waals surface area contributed by atoms with E-state index < -0.39 is 9.84 Å². The van der Waals surface area contributed by atoms with Crippen LogP contribution in [0.5, 0.6) is 0 Å². The molecule has 1 saturated heterocycles. The van der Waals surface area contributed by atoms with E-state index >= 15 is 0 Å². The highest BCUT2D eigenvalue weighted by Gasteiger charge is 2.25. The second-order valence-corrected chi connectivity index (χ2v) is 7.72. The van der Waals surface area contributed by atoms with Gasteiger partial charge in [0.15, 0.2) is 9.84 Å². The molecule has 1 aliphatic rings. The van der Waals surface area contributed by atoms with Crippen molar-refractivity contribution in [3.63, 3.8) is 0 Å². The highest BCUT2D eigenvalue weighted by molar-refractivity contribution is 7.91. The van der Waals surface area contributed by atoms with Crippen LogP contribution in [0.15, 0.2) is 12.4 Å². The third-order valence-electron chi connectivity index (χ3n) is 3.07. The molecule has 1 aliphatic heterocycles. The lowest BCUT2D eigenvalue weighted by Gasteiger charge is -2.26. The Morgan fingerprint density at radius 1 is 1.40 bits per heavy atom. The van der Waals surface area contributed by atoms with Crippen molar-refractivity contribution in [3.05, 3.63) is 12.4 Å². The number of aromatic nitrogens is 2. The Labute approximate surface area is 118 Å². The van der Waals surface area contributed by atoms with Gasteiger partial charge in [-0.05, 0) is 5.92 Å². The normalized spacial score (nSPS) is 18.2.